The highest BCUT2D eigenvalue weighted by Gasteiger charge is 2.38. The van der Waals surface area contributed by atoms with Gasteiger partial charge < -0.3 is 10.2 Å². The first-order valence-corrected chi connectivity index (χ1v) is 6.89. The van der Waals surface area contributed by atoms with E-state index in [0.717, 1.165) is 12.1 Å². The maximum atomic E-state index is 12.0. The molecule has 1 atom stereocenters. The molecule has 0 aliphatic carbocycles. The van der Waals surface area contributed by atoms with Crippen LogP contribution in [0.15, 0.2) is 35.5 Å². The van der Waals surface area contributed by atoms with Crippen molar-refractivity contribution in [2.24, 2.45) is 10.6 Å². The Labute approximate surface area is 120 Å². The first-order valence-electron chi connectivity index (χ1n) is 6.89. The van der Waals surface area contributed by atoms with E-state index >= 15 is 0 Å². The average Bonchev–Trinajstić information content (AvgIpc) is 2.80. The van der Waals surface area contributed by atoms with Crippen LogP contribution in [0.5, 0.6) is 0 Å². The van der Waals surface area contributed by atoms with Gasteiger partial charge in [0.2, 0.25) is 0 Å². The minimum Gasteiger partial charge on any atom is -0.387 e. The third-order valence-electron chi connectivity index (χ3n) is 3.44. The average molecular weight is 274 g/mol. The van der Waals surface area contributed by atoms with Gasteiger partial charge in [-0.3, -0.25) is 4.79 Å². The van der Waals surface area contributed by atoms with E-state index in [1.165, 1.54) is 0 Å². The van der Waals surface area contributed by atoms with Crippen LogP contribution in [0, 0.1) is 5.41 Å². The van der Waals surface area contributed by atoms with Crippen molar-refractivity contribution in [3.05, 3.63) is 35.9 Å². The molecule has 20 heavy (non-hydrogen) atoms. The standard InChI is InChI=1S/C16H22N2O2/c1-15(2,3)13-10-16(4,20-18-13)11-17-14(19)12-8-6-5-7-9-12/h5-9H,10-11H2,1-4H3,(H,17,19). The van der Waals surface area contributed by atoms with Crippen molar-refractivity contribution >= 4 is 11.6 Å². The van der Waals surface area contributed by atoms with Gasteiger partial charge in [-0.25, -0.2) is 0 Å². The molecule has 1 unspecified atom stereocenters. The van der Waals surface area contributed by atoms with Crippen molar-refractivity contribution in [1.29, 1.82) is 0 Å². The smallest absolute Gasteiger partial charge is 0.251 e. The van der Waals surface area contributed by atoms with E-state index in [4.69, 9.17) is 4.84 Å². The van der Waals surface area contributed by atoms with Crippen molar-refractivity contribution < 1.29 is 9.63 Å². The van der Waals surface area contributed by atoms with Crippen LogP contribution in [-0.4, -0.2) is 23.8 Å². The number of nitrogens with zero attached hydrogens (tertiary/aromatic N) is 1. The van der Waals surface area contributed by atoms with Crippen LogP contribution in [0.1, 0.15) is 44.5 Å². The predicted molar refractivity (Wildman–Crippen MR) is 79.8 cm³/mol. The molecular formula is C16H22N2O2. The second-order valence-electron chi connectivity index (χ2n) is 6.55. The molecule has 0 saturated carbocycles. The topological polar surface area (TPSA) is 50.7 Å². The predicted octanol–water partition coefficient (Wildman–Crippen LogP) is 3.00. The van der Waals surface area contributed by atoms with E-state index in [9.17, 15) is 4.79 Å². The fourth-order valence-corrected chi connectivity index (χ4v) is 2.04. The van der Waals surface area contributed by atoms with E-state index in [0.29, 0.717) is 12.1 Å². The van der Waals surface area contributed by atoms with E-state index in [1.54, 1.807) is 12.1 Å². The maximum Gasteiger partial charge on any atom is 0.251 e. The highest BCUT2D eigenvalue weighted by atomic mass is 16.7. The summed E-state index contributed by atoms with van der Waals surface area (Å²) >= 11 is 0. The Morgan fingerprint density at radius 1 is 1.35 bits per heavy atom. The summed E-state index contributed by atoms with van der Waals surface area (Å²) < 4.78 is 0. The van der Waals surface area contributed by atoms with Crippen molar-refractivity contribution in [2.45, 2.75) is 39.7 Å². The molecule has 4 nitrogen and oxygen atoms in total. The summed E-state index contributed by atoms with van der Waals surface area (Å²) in [4.78, 5) is 17.6. The number of nitrogens with one attached hydrogen (secondary N) is 1. The summed E-state index contributed by atoms with van der Waals surface area (Å²) in [6.07, 6.45) is 0.742. The minimum absolute atomic E-state index is 0.00119. The normalized spacial score (nSPS) is 22.1. The van der Waals surface area contributed by atoms with Crippen LogP contribution >= 0.6 is 0 Å². The Kier molecular flexibility index (Phi) is 3.84. The molecule has 108 valence electrons. The zero-order valence-corrected chi connectivity index (χ0v) is 12.6. The van der Waals surface area contributed by atoms with E-state index in [2.05, 4.69) is 31.2 Å². The van der Waals surface area contributed by atoms with Crippen LogP contribution in [-0.2, 0) is 4.84 Å². The molecule has 0 spiro atoms. The second-order valence-corrected chi connectivity index (χ2v) is 6.55. The molecule has 4 heteroatoms. The summed E-state index contributed by atoms with van der Waals surface area (Å²) in [5.41, 5.74) is 1.24. The van der Waals surface area contributed by atoms with Gasteiger partial charge in [0.15, 0.2) is 5.60 Å². The molecule has 1 amide bonds. The number of oxime groups is 1. The Hall–Kier alpha value is -1.84. The lowest BCUT2D eigenvalue weighted by molar-refractivity contribution is -0.00182. The number of hydrogen-bond acceptors (Lipinski definition) is 3. The fraction of sp³-hybridized carbons (Fsp3) is 0.500. The van der Waals surface area contributed by atoms with Crippen LogP contribution in [0.2, 0.25) is 0 Å². The maximum absolute atomic E-state index is 12.0. The SMILES string of the molecule is CC1(CNC(=O)c2ccccc2)CC(C(C)(C)C)=NO1. The monoisotopic (exact) mass is 274 g/mol. The minimum atomic E-state index is -0.451. The van der Waals surface area contributed by atoms with Crippen molar-refractivity contribution in [2.75, 3.05) is 6.54 Å². The molecule has 1 aromatic carbocycles. The van der Waals surface area contributed by atoms with Gasteiger partial charge in [0.05, 0.1) is 12.3 Å². The first-order chi connectivity index (χ1) is 9.30. The van der Waals surface area contributed by atoms with Crippen molar-refractivity contribution in [3.63, 3.8) is 0 Å². The van der Waals surface area contributed by atoms with Gasteiger partial charge in [-0.15, -0.1) is 0 Å². The number of hydrogen-bond donors (Lipinski definition) is 1. The third kappa shape index (κ3) is 3.38. The zero-order chi connectivity index (χ0) is 14.8. The lowest BCUT2D eigenvalue weighted by Crippen LogP contribution is -2.41. The second kappa shape index (κ2) is 5.27. The van der Waals surface area contributed by atoms with Crippen molar-refractivity contribution in [3.8, 4) is 0 Å². The molecule has 0 saturated heterocycles. The summed E-state index contributed by atoms with van der Waals surface area (Å²) in [5, 5.41) is 7.09. The molecule has 0 fully saturated rings. The number of carbonyl (C=O) groups excluding carboxylic acids is 1. The summed E-state index contributed by atoms with van der Waals surface area (Å²) in [5.74, 6) is -0.0837. The molecule has 0 bridgehead atoms. The van der Waals surface area contributed by atoms with Gasteiger partial charge in [0.25, 0.3) is 5.91 Å². The Balaban J connectivity index is 1.91. The molecule has 0 radical (unpaired) electrons. The molecular weight excluding hydrogens is 252 g/mol. The van der Waals surface area contributed by atoms with Gasteiger partial charge in [0, 0.05) is 17.4 Å². The number of benzene rings is 1. The molecule has 1 aromatic rings. The van der Waals surface area contributed by atoms with Gasteiger partial charge in [-0.05, 0) is 19.1 Å². The summed E-state index contributed by atoms with van der Waals surface area (Å²) in [6, 6.07) is 9.18. The van der Waals surface area contributed by atoms with E-state index in [-0.39, 0.29) is 11.3 Å². The van der Waals surface area contributed by atoms with E-state index < -0.39 is 5.60 Å². The quantitative estimate of drug-likeness (QED) is 0.921. The largest absolute Gasteiger partial charge is 0.387 e. The molecule has 1 heterocycles. The summed E-state index contributed by atoms with van der Waals surface area (Å²) in [6.45, 7) is 8.76. The number of amides is 1. The van der Waals surface area contributed by atoms with Crippen LogP contribution in [0.4, 0.5) is 0 Å². The highest BCUT2D eigenvalue weighted by molar-refractivity contribution is 5.94. The van der Waals surface area contributed by atoms with Gasteiger partial charge in [0.1, 0.15) is 0 Å². The number of carbonyl (C=O) groups is 1. The van der Waals surface area contributed by atoms with Crippen molar-refractivity contribution in [1.82, 2.24) is 5.32 Å². The molecule has 0 aromatic heterocycles. The molecule has 1 aliphatic heterocycles. The summed E-state index contributed by atoms with van der Waals surface area (Å²) in [7, 11) is 0. The Morgan fingerprint density at radius 3 is 2.55 bits per heavy atom. The number of rotatable bonds is 3. The first kappa shape index (κ1) is 14.6. The molecule has 1 N–H and O–H groups in total. The third-order valence-corrected chi connectivity index (χ3v) is 3.44. The lowest BCUT2D eigenvalue weighted by atomic mass is 9.84. The zero-order valence-electron chi connectivity index (χ0n) is 12.6. The van der Waals surface area contributed by atoms with Crippen LogP contribution in [0.25, 0.3) is 0 Å². The molecule has 2 rings (SSSR count). The van der Waals surface area contributed by atoms with Gasteiger partial charge >= 0.3 is 0 Å². The highest BCUT2D eigenvalue weighted by Crippen LogP contribution is 2.31. The van der Waals surface area contributed by atoms with Crippen LogP contribution < -0.4 is 5.32 Å². The van der Waals surface area contributed by atoms with Gasteiger partial charge in [-0.2, -0.15) is 0 Å². The molecule has 1 aliphatic rings. The van der Waals surface area contributed by atoms with Gasteiger partial charge in [-0.1, -0.05) is 44.1 Å². The lowest BCUT2D eigenvalue weighted by Gasteiger charge is -2.23. The van der Waals surface area contributed by atoms with Crippen LogP contribution in [0.3, 0.4) is 0 Å². The Bertz CT molecular complexity index is 517. The fourth-order valence-electron chi connectivity index (χ4n) is 2.04. The Morgan fingerprint density at radius 2 is 2.00 bits per heavy atom. The van der Waals surface area contributed by atoms with E-state index in [1.807, 2.05) is 25.1 Å².